The minimum Gasteiger partial charge on any atom is -0.452 e. The highest BCUT2D eigenvalue weighted by Gasteiger charge is 1.99. The molecular weight excluding hydrogens is 152 g/mol. The minimum absolute atomic E-state index is 0.0914. The molecule has 2 nitrogen and oxygen atoms in total. The Morgan fingerprint density at radius 3 is 2.75 bits per heavy atom. The molecule has 0 aliphatic carbocycles. The van der Waals surface area contributed by atoms with E-state index in [1.54, 1.807) is 0 Å². The molecule has 0 heterocycles. The number of ether oxygens (including phenoxy) is 1. The molecule has 0 aliphatic rings. The van der Waals surface area contributed by atoms with Crippen molar-refractivity contribution >= 4 is 5.97 Å². The van der Waals surface area contributed by atoms with E-state index in [2.05, 4.69) is 17.6 Å². The van der Waals surface area contributed by atoms with Crippen LogP contribution in [-0.4, -0.2) is 12.6 Å². The summed E-state index contributed by atoms with van der Waals surface area (Å²) in [5.41, 5.74) is 0. The minimum atomic E-state index is -0.197. The van der Waals surface area contributed by atoms with E-state index in [1.165, 1.54) is 0 Å². The Balaban J connectivity index is 3.15. The van der Waals surface area contributed by atoms with Crippen LogP contribution in [0.25, 0.3) is 0 Å². The number of rotatable bonds is 6. The van der Waals surface area contributed by atoms with Crippen molar-refractivity contribution in [1.29, 1.82) is 0 Å². The Morgan fingerprint density at radius 2 is 2.17 bits per heavy atom. The molecule has 12 heavy (non-hydrogen) atoms. The Morgan fingerprint density at radius 1 is 1.42 bits per heavy atom. The van der Waals surface area contributed by atoms with E-state index in [0.717, 1.165) is 25.7 Å². The van der Waals surface area contributed by atoms with Crippen LogP contribution in [0.3, 0.4) is 0 Å². The molecule has 2 heteroatoms. The molecule has 0 saturated carbocycles. The summed E-state index contributed by atoms with van der Waals surface area (Å²) in [4.78, 5) is 10.8. The van der Waals surface area contributed by atoms with Crippen molar-refractivity contribution < 1.29 is 9.53 Å². The molecule has 0 aliphatic heterocycles. The number of hydrogen-bond acceptors (Lipinski definition) is 2. The largest absolute Gasteiger partial charge is 0.452 e. The Labute approximate surface area is 74.3 Å². The first kappa shape index (κ1) is 11.0. The fourth-order valence-electron chi connectivity index (χ4n) is 0.817. The van der Waals surface area contributed by atoms with E-state index in [-0.39, 0.29) is 12.6 Å². The summed E-state index contributed by atoms with van der Waals surface area (Å²) < 4.78 is 4.68. The molecule has 0 aromatic rings. The predicted octanol–water partition coefficient (Wildman–Crippen LogP) is 1.95. The molecule has 0 rings (SSSR count). The van der Waals surface area contributed by atoms with Gasteiger partial charge in [0, 0.05) is 6.42 Å². The highest BCUT2D eigenvalue weighted by Crippen LogP contribution is 2.02. The van der Waals surface area contributed by atoms with Gasteiger partial charge in [0.05, 0.1) is 0 Å². The monoisotopic (exact) mass is 167 g/mol. The van der Waals surface area contributed by atoms with Crippen LogP contribution in [0.15, 0.2) is 0 Å². The van der Waals surface area contributed by atoms with E-state index < -0.39 is 0 Å². The van der Waals surface area contributed by atoms with E-state index in [9.17, 15) is 4.79 Å². The first-order valence-corrected chi connectivity index (χ1v) is 4.19. The van der Waals surface area contributed by atoms with Crippen molar-refractivity contribution in [2.45, 2.75) is 32.1 Å². The van der Waals surface area contributed by atoms with Crippen LogP contribution >= 0.6 is 0 Å². The molecule has 0 N–H and O–H groups in total. The average Bonchev–Trinajstić information content (AvgIpc) is 2.09. The molecule has 0 saturated heterocycles. The van der Waals surface area contributed by atoms with Crippen LogP contribution in [0.4, 0.5) is 0 Å². The average molecular weight is 167 g/mol. The molecule has 0 amide bonds. The zero-order chi connectivity index (χ0) is 9.23. The molecule has 67 valence electrons. The maximum absolute atomic E-state index is 10.8. The molecule has 0 aromatic heterocycles. The summed E-state index contributed by atoms with van der Waals surface area (Å²) in [6.07, 6.45) is 9.30. The molecule has 0 fully saturated rings. The van der Waals surface area contributed by atoms with Crippen LogP contribution in [0, 0.1) is 19.3 Å². The van der Waals surface area contributed by atoms with Crippen molar-refractivity contribution in [3.63, 3.8) is 0 Å². The highest BCUT2D eigenvalue weighted by molar-refractivity contribution is 5.69. The first-order valence-electron chi connectivity index (χ1n) is 4.19. The third kappa shape index (κ3) is 7.14. The van der Waals surface area contributed by atoms with Crippen molar-refractivity contribution in [3.05, 3.63) is 6.92 Å². The molecule has 1 radical (unpaired) electrons. The maximum atomic E-state index is 10.8. The van der Waals surface area contributed by atoms with Gasteiger partial charge in [0.15, 0.2) is 6.61 Å². The van der Waals surface area contributed by atoms with Gasteiger partial charge in [-0.1, -0.05) is 32.1 Å². The lowest BCUT2D eigenvalue weighted by Gasteiger charge is -1.99. The van der Waals surface area contributed by atoms with Gasteiger partial charge in [0.1, 0.15) is 0 Å². The SMILES string of the molecule is C#CCOC(=O)CCCCC[CH2]. The highest BCUT2D eigenvalue weighted by atomic mass is 16.5. The summed E-state index contributed by atoms with van der Waals surface area (Å²) in [6.45, 7) is 3.80. The standard InChI is InChI=1S/C10H15O2/c1-3-5-6-7-8-10(11)12-9-4-2/h2H,1,3,5-9H2. The van der Waals surface area contributed by atoms with Gasteiger partial charge in [0.2, 0.25) is 0 Å². The van der Waals surface area contributed by atoms with Crippen LogP contribution in [-0.2, 0) is 9.53 Å². The lowest BCUT2D eigenvalue weighted by molar-refractivity contribution is -0.142. The van der Waals surface area contributed by atoms with Crippen molar-refractivity contribution in [1.82, 2.24) is 0 Å². The van der Waals surface area contributed by atoms with Gasteiger partial charge in [-0.25, -0.2) is 0 Å². The Bertz CT molecular complexity index is 156. The van der Waals surface area contributed by atoms with Gasteiger partial charge in [-0.3, -0.25) is 4.79 Å². The quantitative estimate of drug-likeness (QED) is 0.343. The smallest absolute Gasteiger partial charge is 0.306 e. The molecule has 0 unspecified atom stereocenters. The molecule has 0 spiro atoms. The van der Waals surface area contributed by atoms with Gasteiger partial charge in [0.25, 0.3) is 0 Å². The predicted molar refractivity (Wildman–Crippen MR) is 48.2 cm³/mol. The second kappa shape index (κ2) is 8.13. The topological polar surface area (TPSA) is 26.3 Å². The van der Waals surface area contributed by atoms with Crippen molar-refractivity contribution in [3.8, 4) is 12.3 Å². The number of hydrogen-bond donors (Lipinski definition) is 0. The summed E-state index contributed by atoms with van der Waals surface area (Å²) in [5.74, 6) is 2.05. The second-order valence-corrected chi connectivity index (χ2v) is 2.53. The fourth-order valence-corrected chi connectivity index (χ4v) is 0.817. The van der Waals surface area contributed by atoms with E-state index in [1.807, 2.05) is 0 Å². The normalized spacial score (nSPS) is 9.00. The maximum Gasteiger partial charge on any atom is 0.306 e. The van der Waals surface area contributed by atoms with Crippen molar-refractivity contribution in [2.75, 3.05) is 6.61 Å². The number of esters is 1. The Hall–Kier alpha value is -0.970. The van der Waals surface area contributed by atoms with E-state index in [0.29, 0.717) is 6.42 Å². The number of carbonyl (C=O) groups excluding carboxylic acids is 1. The van der Waals surface area contributed by atoms with Crippen LogP contribution in [0.5, 0.6) is 0 Å². The Kier molecular flexibility index (Phi) is 7.47. The third-order valence-electron chi connectivity index (χ3n) is 1.45. The fraction of sp³-hybridized carbons (Fsp3) is 0.600. The summed E-state index contributed by atoms with van der Waals surface area (Å²) in [6, 6.07) is 0. The zero-order valence-electron chi connectivity index (χ0n) is 7.34. The van der Waals surface area contributed by atoms with Crippen LogP contribution < -0.4 is 0 Å². The lowest BCUT2D eigenvalue weighted by atomic mass is 10.2. The molecular formula is C10H15O2. The van der Waals surface area contributed by atoms with Crippen LogP contribution in [0.1, 0.15) is 32.1 Å². The second-order valence-electron chi connectivity index (χ2n) is 2.53. The molecule has 0 aromatic carbocycles. The number of unbranched alkanes of at least 4 members (excludes halogenated alkanes) is 3. The lowest BCUT2D eigenvalue weighted by Crippen LogP contribution is -2.03. The third-order valence-corrected chi connectivity index (χ3v) is 1.45. The van der Waals surface area contributed by atoms with Gasteiger partial charge < -0.3 is 4.74 Å². The van der Waals surface area contributed by atoms with Gasteiger partial charge in [-0.2, -0.15) is 0 Å². The van der Waals surface area contributed by atoms with Gasteiger partial charge in [-0.05, 0) is 6.42 Å². The zero-order valence-corrected chi connectivity index (χ0v) is 7.34. The van der Waals surface area contributed by atoms with E-state index in [4.69, 9.17) is 6.42 Å². The number of terminal acetylenes is 1. The number of carbonyl (C=O) groups is 1. The van der Waals surface area contributed by atoms with Gasteiger partial charge in [-0.15, -0.1) is 6.42 Å². The van der Waals surface area contributed by atoms with Crippen molar-refractivity contribution in [2.24, 2.45) is 0 Å². The molecule has 0 bridgehead atoms. The first-order chi connectivity index (χ1) is 5.81. The summed E-state index contributed by atoms with van der Waals surface area (Å²) in [5, 5.41) is 0. The summed E-state index contributed by atoms with van der Waals surface area (Å²) in [7, 11) is 0. The van der Waals surface area contributed by atoms with Crippen LogP contribution in [0.2, 0.25) is 0 Å². The summed E-state index contributed by atoms with van der Waals surface area (Å²) >= 11 is 0. The molecule has 0 atom stereocenters. The van der Waals surface area contributed by atoms with E-state index >= 15 is 0 Å². The van der Waals surface area contributed by atoms with Gasteiger partial charge >= 0.3 is 5.97 Å².